The second-order valence-corrected chi connectivity index (χ2v) is 11.8. The predicted octanol–water partition coefficient (Wildman–Crippen LogP) is 4.93. The van der Waals surface area contributed by atoms with Crippen molar-refractivity contribution in [2.75, 3.05) is 17.9 Å². The van der Waals surface area contributed by atoms with E-state index in [1.54, 1.807) is 37.3 Å². The van der Waals surface area contributed by atoms with Crippen molar-refractivity contribution in [2.45, 2.75) is 44.2 Å². The van der Waals surface area contributed by atoms with E-state index in [-0.39, 0.29) is 23.3 Å². The van der Waals surface area contributed by atoms with Crippen LogP contribution in [0.5, 0.6) is 0 Å². The molecule has 3 aromatic carbocycles. The molecule has 0 aliphatic carbocycles. The molecule has 37 heavy (non-hydrogen) atoms. The molecule has 196 valence electrons. The van der Waals surface area contributed by atoms with E-state index in [0.29, 0.717) is 5.69 Å². The summed E-state index contributed by atoms with van der Waals surface area (Å²) in [5.74, 6) is -0.574. The highest BCUT2D eigenvalue weighted by atomic mass is 79.9. The maximum absolute atomic E-state index is 13.8. The van der Waals surface area contributed by atoms with Crippen molar-refractivity contribution >= 4 is 43.5 Å². The van der Waals surface area contributed by atoms with Crippen molar-refractivity contribution in [3.63, 3.8) is 0 Å². The van der Waals surface area contributed by atoms with E-state index in [1.807, 2.05) is 36.4 Å². The lowest BCUT2D eigenvalue weighted by atomic mass is 10.0. The highest BCUT2D eigenvalue weighted by molar-refractivity contribution is 9.10. The number of carbonyl (C=O) groups excluding carboxylic acids is 2. The molecule has 7 nitrogen and oxygen atoms in total. The Balaban J connectivity index is 2.03. The Kier molecular flexibility index (Phi) is 9.50. The highest BCUT2D eigenvalue weighted by Gasteiger charge is 2.32. The average molecular weight is 587 g/mol. The van der Waals surface area contributed by atoms with Gasteiger partial charge in [-0.15, -0.1) is 0 Å². The lowest BCUT2D eigenvalue weighted by molar-refractivity contribution is -0.139. The first-order valence-electron chi connectivity index (χ1n) is 12.0. The summed E-state index contributed by atoms with van der Waals surface area (Å²) in [7, 11) is -2.57. The minimum absolute atomic E-state index is 0.0774. The van der Waals surface area contributed by atoms with Crippen LogP contribution in [0.3, 0.4) is 0 Å². The third-order valence-electron chi connectivity index (χ3n) is 6.11. The molecule has 0 aliphatic heterocycles. The zero-order valence-electron chi connectivity index (χ0n) is 21.4. The molecule has 0 fully saturated rings. The first kappa shape index (κ1) is 28.4. The third kappa shape index (κ3) is 6.99. The van der Waals surface area contributed by atoms with Crippen LogP contribution in [0.2, 0.25) is 0 Å². The summed E-state index contributed by atoms with van der Waals surface area (Å²) in [6, 6.07) is 21.8. The smallest absolute Gasteiger partial charge is 0.264 e. The van der Waals surface area contributed by atoms with Crippen LogP contribution in [0.25, 0.3) is 0 Å². The summed E-state index contributed by atoms with van der Waals surface area (Å²) in [6.07, 6.45) is 0. The maximum Gasteiger partial charge on any atom is 0.264 e. The molecule has 9 heteroatoms. The molecule has 0 aromatic heterocycles. The molecular weight excluding hydrogens is 554 g/mol. The van der Waals surface area contributed by atoms with Crippen molar-refractivity contribution < 1.29 is 18.0 Å². The Labute approximate surface area is 227 Å². The van der Waals surface area contributed by atoms with E-state index in [4.69, 9.17) is 0 Å². The number of sulfonamides is 1. The number of rotatable bonds is 10. The minimum atomic E-state index is -4.07. The number of anilines is 1. The van der Waals surface area contributed by atoms with Gasteiger partial charge in [-0.05, 0) is 60.4 Å². The SMILES string of the molecule is CNC(=O)C(C)N(Cc1cccc(Br)c1)C(=O)CN(c1ccc(C(C)C)cc1)S(=O)(=O)c1ccccc1. The molecule has 1 N–H and O–H groups in total. The van der Waals surface area contributed by atoms with Gasteiger partial charge in [0, 0.05) is 18.1 Å². The van der Waals surface area contributed by atoms with Crippen LogP contribution >= 0.6 is 15.9 Å². The average Bonchev–Trinajstić information content (AvgIpc) is 2.89. The van der Waals surface area contributed by atoms with Crippen LogP contribution in [0.15, 0.2) is 88.2 Å². The van der Waals surface area contributed by atoms with E-state index >= 15 is 0 Å². The van der Waals surface area contributed by atoms with Gasteiger partial charge in [-0.25, -0.2) is 8.42 Å². The lowest BCUT2D eigenvalue weighted by Gasteiger charge is -2.32. The number of halogens is 1. The molecule has 0 saturated carbocycles. The standard InChI is InChI=1S/C28H32BrN3O4S/c1-20(2)23-13-15-25(16-14-23)32(37(35,36)26-11-6-5-7-12-26)19-27(33)31(21(3)28(34)30-4)18-22-9-8-10-24(29)17-22/h5-17,20-21H,18-19H2,1-4H3,(H,30,34). The number of hydrogen-bond donors (Lipinski definition) is 1. The van der Waals surface area contributed by atoms with Gasteiger partial charge in [0.05, 0.1) is 10.6 Å². The first-order chi connectivity index (χ1) is 17.5. The number of carbonyl (C=O) groups is 2. The Morgan fingerprint density at radius 1 is 0.919 bits per heavy atom. The van der Waals surface area contributed by atoms with Gasteiger partial charge in [-0.2, -0.15) is 0 Å². The van der Waals surface area contributed by atoms with Gasteiger partial charge < -0.3 is 10.2 Å². The van der Waals surface area contributed by atoms with E-state index in [9.17, 15) is 18.0 Å². The second kappa shape index (κ2) is 12.4. The molecule has 2 amide bonds. The lowest BCUT2D eigenvalue weighted by Crippen LogP contribution is -2.50. The fourth-order valence-corrected chi connectivity index (χ4v) is 5.78. The zero-order chi connectivity index (χ0) is 27.2. The zero-order valence-corrected chi connectivity index (χ0v) is 23.8. The van der Waals surface area contributed by atoms with Crippen molar-refractivity contribution in [3.05, 3.63) is 94.5 Å². The van der Waals surface area contributed by atoms with Gasteiger partial charge in [-0.3, -0.25) is 13.9 Å². The van der Waals surface area contributed by atoms with Gasteiger partial charge in [-0.1, -0.05) is 72.2 Å². The van der Waals surface area contributed by atoms with E-state index in [0.717, 1.165) is 19.9 Å². The molecule has 0 spiro atoms. The topological polar surface area (TPSA) is 86.8 Å². The molecule has 1 unspecified atom stereocenters. The Hall–Kier alpha value is -3.17. The quantitative estimate of drug-likeness (QED) is 0.365. The molecule has 3 rings (SSSR count). The molecule has 0 radical (unpaired) electrons. The summed E-state index contributed by atoms with van der Waals surface area (Å²) >= 11 is 3.44. The van der Waals surface area contributed by atoms with E-state index in [2.05, 4.69) is 35.1 Å². The van der Waals surface area contributed by atoms with Crippen LogP contribution < -0.4 is 9.62 Å². The van der Waals surface area contributed by atoms with Gasteiger partial charge in [0.2, 0.25) is 11.8 Å². The Morgan fingerprint density at radius 3 is 2.14 bits per heavy atom. The number of amides is 2. The first-order valence-corrected chi connectivity index (χ1v) is 14.2. The van der Waals surface area contributed by atoms with Crippen molar-refractivity contribution in [1.29, 1.82) is 0 Å². The van der Waals surface area contributed by atoms with Crippen molar-refractivity contribution in [3.8, 4) is 0 Å². The molecule has 0 heterocycles. The number of hydrogen-bond acceptors (Lipinski definition) is 4. The van der Waals surface area contributed by atoms with Crippen molar-refractivity contribution in [1.82, 2.24) is 10.2 Å². The Bertz CT molecular complexity index is 1330. The predicted molar refractivity (Wildman–Crippen MR) is 150 cm³/mol. The summed E-state index contributed by atoms with van der Waals surface area (Å²) < 4.78 is 29.4. The van der Waals surface area contributed by atoms with Crippen LogP contribution in [-0.4, -0.2) is 44.8 Å². The van der Waals surface area contributed by atoms with Crippen LogP contribution in [0.4, 0.5) is 5.69 Å². The largest absolute Gasteiger partial charge is 0.357 e. The fourth-order valence-electron chi connectivity index (χ4n) is 3.90. The second-order valence-electron chi connectivity index (χ2n) is 9.01. The van der Waals surface area contributed by atoms with E-state index in [1.165, 1.54) is 24.1 Å². The van der Waals surface area contributed by atoms with E-state index < -0.39 is 28.5 Å². The summed E-state index contributed by atoms with van der Waals surface area (Å²) in [4.78, 5) is 27.8. The number of benzene rings is 3. The summed E-state index contributed by atoms with van der Waals surface area (Å²) in [5, 5.41) is 2.58. The molecule has 0 bridgehead atoms. The van der Waals surface area contributed by atoms with Gasteiger partial charge in [0.15, 0.2) is 0 Å². The van der Waals surface area contributed by atoms with Gasteiger partial charge >= 0.3 is 0 Å². The molecular formula is C28H32BrN3O4S. The summed E-state index contributed by atoms with van der Waals surface area (Å²) in [6.45, 7) is 5.40. The normalized spacial score (nSPS) is 12.2. The highest BCUT2D eigenvalue weighted by Crippen LogP contribution is 2.26. The van der Waals surface area contributed by atoms with Crippen molar-refractivity contribution in [2.24, 2.45) is 0 Å². The number of nitrogens with zero attached hydrogens (tertiary/aromatic N) is 2. The van der Waals surface area contributed by atoms with Gasteiger partial charge in [0.1, 0.15) is 12.6 Å². The van der Waals surface area contributed by atoms with Crippen LogP contribution in [0.1, 0.15) is 37.8 Å². The molecule has 1 atom stereocenters. The number of likely N-dealkylation sites (N-methyl/N-ethyl adjacent to an activating group) is 1. The monoisotopic (exact) mass is 585 g/mol. The molecule has 0 saturated heterocycles. The fraction of sp³-hybridized carbons (Fsp3) is 0.286. The maximum atomic E-state index is 13.8. The number of nitrogens with one attached hydrogen (secondary N) is 1. The summed E-state index contributed by atoms with van der Waals surface area (Å²) in [5.41, 5.74) is 2.23. The Morgan fingerprint density at radius 2 is 1.57 bits per heavy atom. The van der Waals surface area contributed by atoms with Crippen LogP contribution in [0, 0.1) is 0 Å². The van der Waals surface area contributed by atoms with Crippen LogP contribution in [-0.2, 0) is 26.2 Å². The third-order valence-corrected chi connectivity index (χ3v) is 8.39. The van der Waals surface area contributed by atoms with Gasteiger partial charge in [0.25, 0.3) is 10.0 Å². The molecule has 0 aliphatic rings. The molecule has 3 aromatic rings. The minimum Gasteiger partial charge on any atom is -0.357 e.